The lowest BCUT2D eigenvalue weighted by molar-refractivity contribution is -0.117. The normalized spacial score (nSPS) is 18.2. The molecule has 0 radical (unpaired) electrons. The molecule has 2 aromatic rings. The van der Waals surface area contributed by atoms with Crippen molar-refractivity contribution in [2.24, 2.45) is 0 Å². The van der Waals surface area contributed by atoms with Gasteiger partial charge in [-0.05, 0) is 19.8 Å². The van der Waals surface area contributed by atoms with Crippen LogP contribution in [0.25, 0.3) is 0 Å². The Bertz CT molecular complexity index is 701. The molecule has 1 N–H and O–H groups in total. The van der Waals surface area contributed by atoms with Crippen molar-refractivity contribution in [2.45, 2.75) is 38.8 Å². The summed E-state index contributed by atoms with van der Waals surface area (Å²) in [7, 11) is 0. The summed E-state index contributed by atoms with van der Waals surface area (Å²) in [5.74, 6) is 1.08. The standard InChI is InChI=1S/C15H19N5O2/c1-10-6-14(18-22-10)17-15(21)8-19-5-4-13-12(7-19)16-9-20(13)11-2-3-11/h6,9,11H,2-5,7-8H2,1H3,(H,17,18,21). The number of anilines is 1. The van der Waals surface area contributed by atoms with Crippen LogP contribution >= 0.6 is 0 Å². The van der Waals surface area contributed by atoms with E-state index in [1.54, 1.807) is 13.0 Å². The van der Waals surface area contributed by atoms with Crippen LogP contribution in [0.1, 0.15) is 36.0 Å². The second-order valence-corrected chi connectivity index (χ2v) is 6.11. The van der Waals surface area contributed by atoms with Gasteiger partial charge in [0.1, 0.15) is 5.76 Å². The van der Waals surface area contributed by atoms with Crippen molar-refractivity contribution in [2.75, 3.05) is 18.4 Å². The third kappa shape index (κ3) is 2.64. The van der Waals surface area contributed by atoms with Crippen LogP contribution in [0.5, 0.6) is 0 Å². The zero-order valence-electron chi connectivity index (χ0n) is 12.6. The van der Waals surface area contributed by atoms with Crippen molar-refractivity contribution in [3.8, 4) is 0 Å². The first-order valence-electron chi connectivity index (χ1n) is 7.69. The fourth-order valence-electron chi connectivity index (χ4n) is 3.00. The van der Waals surface area contributed by atoms with Crippen molar-refractivity contribution in [3.05, 3.63) is 29.5 Å². The van der Waals surface area contributed by atoms with E-state index in [-0.39, 0.29) is 5.91 Å². The SMILES string of the molecule is Cc1cc(NC(=O)CN2CCc3c(ncn3C3CC3)C2)no1. The number of carbonyl (C=O) groups is 1. The number of aryl methyl sites for hydroxylation is 1. The molecule has 3 heterocycles. The van der Waals surface area contributed by atoms with Crippen LogP contribution in [0.4, 0.5) is 5.82 Å². The number of fused-ring (bicyclic) bond motifs is 1. The molecule has 4 rings (SSSR count). The molecule has 116 valence electrons. The second-order valence-electron chi connectivity index (χ2n) is 6.11. The summed E-state index contributed by atoms with van der Waals surface area (Å²) in [5, 5.41) is 6.53. The highest BCUT2D eigenvalue weighted by Crippen LogP contribution is 2.37. The van der Waals surface area contributed by atoms with Gasteiger partial charge in [0.25, 0.3) is 0 Å². The molecule has 2 aliphatic rings. The molecule has 0 saturated heterocycles. The molecule has 1 aliphatic heterocycles. The highest BCUT2D eigenvalue weighted by molar-refractivity contribution is 5.91. The summed E-state index contributed by atoms with van der Waals surface area (Å²) in [6.07, 6.45) is 5.46. The van der Waals surface area contributed by atoms with Crippen molar-refractivity contribution < 1.29 is 9.32 Å². The molecule has 7 nitrogen and oxygen atoms in total. The molecule has 0 unspecified atom stereocenters. The third-order valence-electron chi connectivity index (χ3n) is 4.22. The van der Waals surface area contributed by atoms with E-state index in [0.29, 0.717) is 24.2 Å². The lowest BCUT2D eigenvalue weighted by Crippen LogP contribution is -2.37. The summed E-state index contributed by atoms with van der Waals surface area (Å²) in [5.41, 5.74) is 2.47. The molecule has 0 aromatic carbocycles. The Morgan fingerprint density at radius 3 is 3.09 bits per heavy atom. The summed E-state index contributed by atoms with van der Waals surface area (Å²) < 4.78 is 7.27. The van der Waals surface area contributed by atoms with Crippen LogP contribution < -0.4 is 5.32 Å². The monoisotopic (exact) mass is 301 g/mol. The fraction of sp³-hybridized carbons (Fsp3) is 0.533. The van der Waals surface area contributed by atoms with Gasteiger partial charge in [-0.2, -0.15) is 0 Å². The lowest BCUT2D eigenvalue weighted by atomic mass is 10.1. The van der Waals surface area contributed by atoms with E-state index >= 15 is 0 Å². The average molecular weight is 301 g/mol. The molecule has 0 spiro atoms. The Balaban J connectivity index is 1.37. The van der Waals surface area contributed by atoms with Gasteiger partial charge in [0.15, 0.2) is 5.82 Å². The Morgan fingerprint density at radius 2 is 2.36 bits per heavy atom. The largest absolute Gasteiger partial charge is 0.360 e. The Labute approximate surface area is 128 Å². The summed E-state index contributed by atoms with van der Waals surface area (Å²) in [6.45, 7) is 3.77. The van der Waals surface area contributed by atoms with Crippen molar-refractivity contribution in [1.82, 2.24) is 19.6 Å². The summed E-state index contributed by atoms with van der Waals surface area (Å²) >= 11 is 0. The van der Waals surface area contributed by atoms with Gasteiger partial charge >= 0.3 is 0 Å². The van der Waals surface area contributed by atoms with Gasteiger partial charge in [-0.15, -0.1) is 0 Å². The van der Waals surface area contributed by atoms with E-state index in [1.165, 1.54) is 18.5 Å². The molecule has 1 aliphatic carbocycles. The molecule has 7 heteroatoms. The van der Waals surface area contributed by atoms with Crippen molar-refractivity contribution in [1.29, 1.82) is 0 Å². The predicted molar refractivity (Wildman–Crippen MR) is 79.3 cm³/mol. The zero-order chi connectivity index (χ0) is 15.1. The first-order valence-corrected chi connectivity index (χ1v) is 7.69. The van der Waals surface area contributed by atoms with E-state index in [9.17, 15) is 4.79 Å². The van der Waals surface area contributed by atoms with Crippen molar-refractivity contribution >= 4 is 11.7 Å². The maximum Gasteiger partial charge on any atom is 0.239 e. The Kier molecular flexibility index (Phi) is 3.22. The van der Waals surface area contributed by atoms with Crippen LogP contribution in [-0.4, -0.2) is 38.6 Å². The average Bonchev–Trinajstić information content (AvgIpc) is 3.12. The molecule has 22 heavy (non-hydrogen) atoms. The van der Waals surface area contributed by atoms with E-state index in [4.69, 9.17) is 4.52 Å². The minimum absolute atomic E-state index is 0.0709. The molecule has 2 aromatic heterocycles. The van der Waals surface area contributed by atoms with Gasteiger partial charge < -0.3 is 14.4 Å². The molecule has 1 fully saturated rings. The number of nitrogens with one attached hydrogen (secondary N) is 1. The number of hydrogen-bond donors (Lipinski definition) is 1. The lowest BCUT2D eigenvalue weighted by Gasteiger charge is -2.26. The van der Waals surface area contributed by atoms with Gasteiger partial charge in [0.2, 0.25) is 5.91 Å². The maximum absolute atomic E-state index is 12.1. The molecule has 0 atom stereocenters. The van der Waals surface area contributed by atoms with Gasteiger partial charge in [-0.25, -0.2) is 4.98 Å². The molecule has 1 amide bonds. The fourth-order valence-corrected chi connectivity index (χ4v) is 3.00. The van der Waals surface area contributed by atoms with Gasteiger partial charge in [-0.1, -0.05) is 5.16 Å². The molecular weight excluding hydrogens is 282 g/mol. The minimum Gasteiger partial charge on any atom is -0.360 e. The van der Waals surface area contributed by atoms with Crippen LogP contribution in [0.15, 0.2) is 16.9 Å². The first kappa shape index (κ1) is 13.5. The number of rotatable bonds is 4. The van der Waals surface area contributed by atoms with Crippen molar-refractivity contribution in [3.63, 3.8) is 0 Å². The first-order chi connectivity index (χ1) is 10.7. The summed E-state index contributed by atoms with van der Waals surface area (Å²) in [6, 6.07) is 2.38. The maximum atomic E-state index is 12.1. The number of nitrogens with zero attached hydrogens (tertiary/aromatic N) is 4. The zero-order valence-corrected chi connectivity index (χ0v) is 12.6. The number of hydrogen-bond acceptors (Lipinski definition) is 5. The van der Waals surface area contributed by atoms with E-state index in [0.717, 1.165) is 25.2 Å². The van der Waals surface area contributed by atoms with E-state index in [2.05, 4.69) is 24.9 Å². The highest BCUT2D eigenvalue weighted by atomic mass is 16.5. The molecular formula is C15H19N5O2. The Morgan fingerprint density at radius 1 is 1.50 bits per heavy atom. The van der Waals surface area contributed by atoms with Crippen LogP contribution in [-0.2, 0) is 17.8 Å². The predicted octanol–water partition coefficient (Wildman–Crippen LogP) is 1.51. The second kappa shape index (κ2) is 5.24. The van der Waals surface area contributed by atoms with Crippen LogP contribution in [0, 0.1) is 6.92 Å². The quantitative estimate of drug-likeness (QED) is 0.926. The number of carbonyl (C=O) groups excluding carboxylic acids is 1. The van der Waals surface area contributed by atoms with Crippen LogP contribution in [0.2, 0.25) is 0 Å². The summed E-state index contributed by atoms with van der Waals surface area (Å²) in [4.78, 5) is 18.7. The minimum atomic E-state index is -0.0709. The van der Waals surface area contributed by atoms with Crippen LogP contribution in [0.3, 0.4) is 0 Å². The van der Waals surface area contributed by atoms with Gasteiger partial charge in [-0.3, -0.25) is 9.69 Å². The van der Waals surface area contributed by atoms with Gasteiger partial charge in [0, 0.05) is 37.3 Å². The highest BCUT2D eigenvalue weighted by Gasteiger charge is 2.29. The topological polar surface area (TPSA) is 76.2 Å². The van der Waals surface area contributed by atoms with E-state index < -0.39 is 0 Å². The van der Waals surface area contributed by atoms with E-state index in [1.807, 2.05) is 6.33 Å². The number of amides is 1. The third-order valence-corrected chi connectivity index (χ3v) is 4.22. The number of imidazole rings is 1. The molecule has 0 bridgehead atoms. The smallest absolute Gasteiger partial charge is 0.239 e. The van der Waals surface area contributed by atoms with Gasteiger partial charge in [0.05, 0.1) is 18.6 Å². The Hall–Kier alpha value is -2.15. The number of aromatic nitrogens is 3. The molecule has 1 saturated carbocycles.